The molecular weight excluding hydrogens is 278 g/mol. The molecule has 0 radical (unpaired) electrons. The highest BCUT2D eigenvalue weighted by Gasteiger charge is 2.24. The van der Waals surface area contributed by atoms with Gasteiger partial charge in [-0.15, -0.1) is 0 Å². The van der Waals surface area contributed by atoms with Gasteiger partial charge in [-0.25, -0.2) is 0 Å². The van der Waals surface area contributed by atoms with E-state index in [1.54, 1.807) is 12.4 Å². The lowest BCUT2D eigenvalue weighted by Gasteiger charge is -2.37. The third-order valence-corrected chi connectivity index (χ3v) is 4.07. The second kappa shape index (κ2) is 8.70. The fourth-order valence-corrected chi connectivity index (χ4v) is 2.62. The summed E-state index contributed by atoms with van der Waals surface area (Å²) in [6.45, 7) is 4.61. The third-order valence-electron chi connectivity index (χ3n) is 4.07. The molecule has 1 fully saturated rings. The molecule has 0 bridgehead atoms. The molecular formula is C16H27N5O. The van der Waals surface area contributed by atoms with Crippen molar-refractivity contribution < 1.29 is 4.79 Å². The molecule has 2 heterocycles. The average molecular weight is 305 g/mol. The quantitative estimate of drug-likeness (QED) is 0.724. The normalized spacial score (nSPS) is 19.8. The molecule has 2 rings (SSSR count). The molecule has 0 aliphatic carbocycles. The number of hydrogen-bond acceptors (Lipinski definition) is 5. The van der Waals surface area contributed by atoms with Crippen molar-refractivity contribution in [2.24, 2.45) is 0 Å². The molecule has 1 atom stereocenters. The minimum atomic E-state index is 0.147. The van der Waals surface area contributed by atoms with Crippen molar-refractivity contribution in [3.8, 4) is 0 Å². The van der Waals surface area contributed by atoms with Gasteiger partial charge < -0.3 is 20.4 Å². The molecule has 22 heavy (non-hydrogen) atoms. The van der Waals surface area contributed by atoms with Crippen molar-refractivity contribution in [1.29, 1.82) is 0 Å². The van der Waals surface area contributed by atoms with Gasteiger partial charge in [0.05, 0.1) is 5.69 Å². The van der Waals surface area contributed by atoms with Gasteiger partial charge in [0.15, 0.2) is 0 Å². The van der Waals surface area contributed by atoms with Crippen LogP contribution < -0.4 is 10.6 Å². The zero-order valence-electron chi connectivity index (χ0n) is 13.6. The summed E-state index contributed by atoms with van der Waals surface area (Å²) in [6, 6.07) is 4.22. The number of aromatic nitrogens is 1. The molecule has 1 aromatic heterocycles. The Hall–Kier alpha value is -1.66. The van der Waals surface area contributed by atoms with Gasteiger partial charge >= 0.3 is 0 Å². The van der Waals surface area contributed by atoms with Crippen molar-refractivity contribution >= 4 is 11.6 Å². The first-order valence-corrected chi connectivity index (χ1v) is 7.94. The van der Waals surface area contributed by atoms with E-state index >= 15 is 0 Å². The first kappa shape index (κ1) is 16.7. The number of amides is 1. The van der Waals surface area contributed by atoms with Crippen LogP contribution in [0.15, 0.2) is 24.5 Å². The fraction of sp³-hybridized carbons (Fsp3) is 0.625. The lowest BCUT2D eigenvalue weighted by atomic mass is 10.1. The van der Waals surface area contributed by atoms with Crippen LogP contribution in [0.3, 0.4) is 0 Å². The maximum atomic E-state index is 12.0. The van der Waals surface area contributed by atoms with Gasteiger partial charge in [0.25, 0.3) is 0 Å². The number of pyridine rings is 1. The number of anilines is 1. The van der Waals surface area contributed by atoms with E-state index in [1.165, 1.54) is 0 Å². The van der Waals surface area contributed by atoms with Gasteiger partial charge in [0.1, 0.15) is 0 Å². The van der Waals surface area contributed by atoms with Crippen molar-refractivity contribution in [2.75, 3.05) is 52.1 Å². The maximum absolute atomic E-state index is 12.0. The summed E-state index contributed by atoms with van der Waals surface area (Å²) in [7, 11) is 4.21. The number of hydrogen-bond donors (Lipinski definition) is 2. The Kier molecular flexibility index (Phi) is 6.61. The van der Waals surface area contributed by atoms with Crippen molar-refractivity contribution in [3.05, 3.63) is 24.5 Å². The molecule has 1 unspecified atom stereocenters. The standard InChI is InChI=1S/C16H27N5O/c1-20-9-10-21(2)15(13-20)11-16(22)19-8-4-7-18-14-5-3-6-17-12-14/h3,5-6,12,15,18H,4,7-11,13H2,1-2H3,(H,19,22). The molecule has 1 amide bonds. The molecule has 122 valence electrons. The zero-order valence-corrected chi connectivity index (χ0v) is 13.6. The van der Waals surface area contributed by atoms with Crippen molar-refractivity contribution in [1.82, 2.24) is 20.1 Å². The minimum absolute atomic E-state index is 0.147. The number of rotatable bonds is 7. The number of nitrogens with one attached hydrogen (secondary N) is 2. The molecule has 1 saturated heterocycles. The van der Waals surface area contributed by atoms with E-state index in [9.17, 15) is 4.79 Å². The topological polar surface area (TPSA) is 60.5 Å². The van der Waals surface area contributed by atoms with Gasteiger partial charge in [-0.05, 0) is 32.6 Å². The molecule has 6 nitrogen and oxygen atoms in total. The second-order valence-electron chi connectivity index (χ2n) is 5.97. The van der Waals surface area contributed by atoms with E-state index < -0.39 is 0 Å². The fourth-order valence-electron chi connectivity index (χ4n) is 2.62. The average Bonchev–Trinajstić information content (AvgIpc) is 2.51. The number of carbonyl (C=O) groups excluding carboxylic acids is 1. The smallest absolute Gasteiger partial charge is 0.221 e. The van der Waals surface area contributed by atoms with E-state index in [-0.39, 0.29) is 5.91 Å². The summed E-state index contributed by atoms with van der Waals surface area (Å²) in [5.41, 5.74) is 1.01. The Morgan fingerprint density at radius 1 is 1.36 bits per heavy atom. The van der Waals surface area contributed by atoms with Crippen LogP contribution in [0, 0.1) is 0 Å². The van der Waals surface area contributed by atoms with Gasteiger partial charge in [0.2, 0.25) is 5.91 Å². The Balaban J connectivity index is 1.57. The number of likely N-dealkylation sites (N-methyl/N-ethyl adjacent to an activating group) is 2. The molecule has 0 aromatic carbocycles. The van der Waals surface area contributed by atoms with Crippen LogP contribution in [-0.4, -0.2) is 73.6 Å². The summed E-state index contributed by atoms with van der Waals surface area (Å²) < 4.78 is 0. The monoisotopic (exact) mass is 305 g/mol. The Morgan fingerprint density at radius 2 is 2.23 bits per heavy atom. The van der Waals surface area contributed by atoms with Crippen LogP contribution in [0.25, 0.3) is 0 Å². The molecule has 0 saturated carbocycles. The first-order chi connectivity index (χ1) is 10.6. The number of piperazine rings is 1. The van der Waals surface area contributed by atoms with E-state index in [0.717, 1.165) is 38.3 Å². The highest BCUT2D eigenvalue weighted by Crippen LogP contribution is 2.09. The lowest BCUT2D eigenvalue weighted by molar-refractivity contribution is -0.122. The maximum Gasteiger partial charge on any atom is 0.221 e. The largest absolute Gasteiger partial charge is 0.384 e. The second-order valence-corrected chi connectivity index (χ2v) is 5.97. The third kappa shape index (κ3) is 5.61. The molecule has 1 aliphatic heterocycles. The van der Waals surface area contributed by atoms with Crippen LogP contribution in [0.2, 0.25) is 0 Å². The van der Waals surface area contributed by atoms with E-state index in [1.807, 2.05) is 12.1 Å². The van der Waals surface area contributed by atoms with Crippen molar-refractivity contribution in [3.63, 3.8) is 0 Å². The van der Waals surface area contributed by atoms with E-state index in [4.69, 9.17) is 0 Å². The van der Waals surface area contributed by atoms with Gasteiger partial charge in [-0.1, -0.05) is 0 Å². The van der Waals surface area contributed by atoms with Gasteiger partial charge in [-0.3, -0.25) is 9.78 Å². The minimum Gasteiger partial charge on any atom is -0.384 e. The summed E-state index contributed by atoms with van der Waals surface area (Å²) in [5, 5.41) is 6.30. The van der Waals surface area contributed by atoms with Gasteiger partial charge in [-0.2, -0.15) is 0 Å². The zero-order chi connectivity index (χ0) is 15.8. The van der Waals surface area contributed by atoms with Crippen LogP contribution in [0.1, 0.15) is 12.8 Å². The lowest BCUT2D eigenvalue weighted by Crippen LogP contribution is -2.51. The summed E-state index contributed by atoms with van der Waals surface area (Å²) in [4.78, 5) is 20.6. The Morgan fingerprint density at radius 3 is 3.00 bits per heavy atom. The molecule has 0 spiro atoms. The van der Waals surface area contributed by atoms with Gasteiger partial charge in [0, 0.05) is 57.6 Å². The summed E-state index contributed by atoms with van der Waals surface area (Å²) in [5.74, 6) is 0.147. The SMILES string of the molecule is CN1CCN(C)C(CC(=O)NCCCNc2cccnc2)C1. The van der Waals surface area contributed by atoms with Crippen LogP contribution >= 0.6 is 0 Å². The summed E-state index contributed by atoms with van der Waals surface area (Å²) in [6.07, 6.45) is 5.04. The molecule has 2 N–H and O–H groups in total. The van der Waals surface area contributed by atoms with Crippen LogP contribution in [0.5, 0.6) is 0 Å². The van der Waals surface area contributed by atoms with Crippen molar-refractivity contribution in [2.45, 2.75) is 18.9 Å². The predicted octanol–water partition coefficient (Wildman–Crippen LogP) is 0.636. The molecule has 1 aromatic rings. The number of carbonyl (C=O) groups is 1. The Labute approximate surface area is 132 Å². The highest BCUT2D eigenvalue weighted by molar-refractivity contribution is 5.76. The van der Waals surface area contributed by atoms with Crippen LogP contribution in [-0.2, 0) is 4.79 Å². The number of nitrogens with zero attached hydrogens (tertiary/aromatic N) is 3. The molecule has 6 heteroatoms. The molecule has 1 aliphatic rings. The van der Waals surface area contributed by atoms with E-state index in [2.05, 4.69) is 39.5 Å². The first-order valence-electron chi connectivity index (χ1n) is 7.94. The van der Waals surface area contributed by atoms with E-state index in [0.29, 0.717) is 19.0 Å². The Bertz CT molecular complexity index is 453. The highest BCUT2D eigenvalue weighted by atomic mass is 16.1. The predicted molar refractivity (Wildman–Crippen MR) is 88.9 cm³/mol. The summed E-state index contributed by atoms with van der Waals surface area (Å²) >= 11 is 0. The van der Waals surface area contributed by atoms with Crippen LogP contribution in [0.4, 0.5) is 5.69 Å².